The molecule has 2 aromatic rings. The second-order valence-corrected chi connectivity index (χ2v) is 7.72. The van der Waals surface area contributed by atoms with Gasteiger partial charge in [-0.05, 0) is 44.2 Å². The molecule has 21 heavy (non-hydrogen) atoms. The highest BCUT2D eigenvalue weighted by Gasteiger charge is 2.19. The first-order valence-corrected chi connectivity index (χ1v) is 8.35. The van der Waals surface area contributed by atoms with E-state index in [2.05, 4.69) is 53.7 Å². The van der Waals surface area contributed by atoms with Crippen molar-refractivity contribution in [3.63, 3.8) is 0 Å². The van der Waals surface area contributed by atoms with Gasteiger partial charge in [0.05, 0.1) is 12.2 Å². The molecule has 0 aromatic carbocycles. The minimum Gasteiger partial charge on any atom is -0.360 e. The number of thiophene rings is 1. The van der Waals surface area contributed by atoms with Gasteiger partial charge in [-0.25, -0.2) is 0 Å². The zero-order chi connectivity index (χ0) is 14.9. The Hall–Kier alpha value is -1.17. The van der Waals surface area contributed by atoms with Crippen molar-refractivity contribution in [3.8, 4) is 0 Å². The van der Waals surface area contributed by atoms with Crippen LogP contribution in [0.2, 0.25) is 0 Å². The van der Waals surface area contributed by atoms with Crippen molar-refractivity contribution in [2.75, 3.05) is 6.54 Å². The smallest absolute Gasteiger partial charge is 0.151 e. The van der Waals surface area contributed by atoms with Crippen LogP contribution in [0.4, 0.5) is 0 Å². The maximum Gasteiger partial charge on any atom is 0.151 e. The molecule has 0 atom stereocenters. The molecule has 1 aliphatic rings. The molecule has 0 saturated heterocycles. The predicted octanol–water partition coefficient (Wildman–Crippen LogP) is 3.18. The maximum absolute atomic E-state index is 5.47. The summed E-state index contributed by atoms with van der Waals surface area (Å²) in [5, 5.41) is 9.78. The van der Waals surface area contributed by atoms with Crippen molar-refractivity contribution in [1.29, 1.82) is 0 Å². The quantitative estimate of drug-likeness (QED) is 0.942. The molecule has 1 aliphatic heterocycles. The third-order valence-electron chi connectivity index (χ3n) is 3.67. The molecule has 4 nitrogen and oxygen atoms in total. The standard InChI is InChI=1S/C16H23N3OS/c1-16(2,3)17-9-13-8-14(20-18-13)11-19-6-4-15-12(10-19)5-7-21-15/h5,7-8,17H,4,6,9-11H2,1-3H3. The van der Waals surface area contributed by atoms with Crippen LogP contribution in [0.3, 0.4) is 0 Å². The monoisotopic (exact) mass is 305 g/mol. The summed E-state index contributed by atoms with van der Waals surface area (Å²) in [6, 6.07) is 4.31. The minimum absolute atomic E-state index is 0.0985. The SMILES string of the molecule is CC(C)(C)NCc1cc(CN2CCc3sccc3C2)on1. The van der Waals surface area contributed by atoms with Crippen LogP contribution >= 0.6 is 11.3 Å². The molecule has 0 spiro atoms. The molecular weight excluding hydrogens is 282 g/mol. The van der Waals surface area contributed by atoms with E-state index in [0.29, 0.717) is 0 Å². The van der Waals surface area contributed by atoms with Gasteiger partial charge in [-0.3, -0.25) is 4.90 Å². The fraction of sp³-hybridized carbons (Fsp3) is 0.562. The summed E-state index contributed by atoms with van der Waals surface area (Å²) in [6.45, 7) is 10.2. The Morgan fingerprint density at radius 1 is 1.43 bits per heavy atom. The van der Waals surface area contributed by atoms with Gasteiger partial charge in [0, 0.05) is 36.1 Å². The van der Waals surface area contributed by atoms with Crippen LogP contribution in [0.15, 0.2) is 22.0 Å². The summed E-state index contributed by atoms with van der Waals surface area (Å²) in [4.78, 5) is 3.97. The van der Waals surface area contributed by atoms with Gasteiger partial charge in [0.1, 0.15) is 0 Å². The number of aromatic nitrogens is 1. The summed E-state index contributed by atoms with van der Waals surface area (Å²) in [5.74, 6) is 0.958. The summed E-state index contributed by atoms with van der Waals surface area (Å²) < 4.78 is 5.47. The molecule has 0 radical (unpaired) electrons. The molecule has 0 aliphatic carbocycles. The Morgan fingerprint density at radius 3 is 3.10 bits per heavy atom. The molecule has 3 rings (SSSR count). The number of hydrogen-bond donors (Lipinski definition) is 1. The molecule has 114 valence electrons. The van der Waals surface area contributed by atoms with Crippen LogP contribution in [0.25, 0.3) is 0 Å². The molecule has 0 unspecified atom stereocenters. The van der Waals surface area contributed by atoms with E-state index in [0.717, 1.165) is 44.1 Å². The lowest BCUT2D eigenvalue weighted by atomic mass is 10.1. The van der Waals surface area contributed by atoms with E-state index in [1.807, 2.05) is 11.3 Å². The Kier molecular flexibility index (Phi) is 4.15. The largest absolute Gasteiger partial charge is 0.360 e. The lowest BCUT2D eigenvalue weighted by Crippen LogP contribution is -2.35. The van der Waals surface area contributed by atoms with Crippen LogP contribution in [0.5, 0.6) is 0 Å². The van der Waals surface area contributed by atoms with Gasteiger partial charge in [-0.15, -0.1) is 11.3 Å². The van der Waals surface area contributed by atoms with Gasteiger partial charge < -0.3 is 9.84 Å². The number of rotatable bonds is 4. The van der Waals surface area contributed by atoms with E-state index in [1.54, 1.807) is 4.88 Å². The number of fused-ring (bicyclic) bond motifs is 1. The first-order chi connectivity index (χ1) is 9.99. The first-order valence-electron chi connectivity index (χ1n) is 7.47. The van der Waals surface area contributed by atoms with E-state index >= 15 is 0 Å². The fourth-order valence-corrected chi connectivity index (χ4v) is 3.42. The first kappa shape index (κ1) is 14.8. The third kappa shape index (κ3) is 3.93. The van der Waals surface area contributed by atoms with Gasteiger partial charge in [-0.2, -0.15) is 0 Å². The molecule has 0 saturated carbocycles. The Bertz CT molecular complexity index is 597. The predicted molar refractivity (Wildman–Crippen MR) is 85.2 cm³/mol. The Labute approximate surface area is 130 Å². The summed E-state index contributed by atoms with van der Waals surface area (Å²) >= 11 is 1.88. The van der Waals surface area contributed by atoms with E-state index in [-0.39, 0.29) is 5.54 Å². The topological polar surface area (TPSA) is 41.3 Å². The highest BCUT2D eigenvalue weighted by Crippen LogP contribution is 2.25. The van der Waals surface area contributed by atoms with E-state index in [9.17, 15) is 0 Å². The lowest BCUT2D eigenvalue weighted by Gasteiger charge is -2.25. The molecular formula is C16H23N3OS. The zero-order valence-electron chi connectivity index (χ0n) is 13.0. The summed E-state index contributed by atoms with van der Waals surface area (Å²) in [5.41, 5.74) is 2.55. The zero-order valence-corrected chi connectivity index (χ0v) is 13.8. The van der Waals surface area contributed by atoms with Gasteiger partial charge in [-0.1, -0.05) is 5.16 Å². The minimum atomic E-state index is 0.0985. The maximum atomic E-state index is 5.47. The van der Waals surface area contributed by atoms with Gasteiger partial charge in [0.25, 0.3) is 0 Å². The van der Waals surface area contributed by atoms with Gasteiger partial charge in [0.15, 0.2) is 5.76 Å². The van der Waals surface area contributed by atoms with E-state index < -0.39 is 0 Å². The third-order valence-corrected chi connectivity index (χ3v) is 4.70. The number of hydrogen-bond acceptors (Lipinski definition) is 5. The highest BCUT2D eigenvalue weighted by molar-refractivity contribution is 7.10. The van der Waals surface area contributed by atoms with Crippen molar-refractivity contribution in [2.24, 2.45) is 0 Å². The molecule has 0 bridgehead atoms. The Balaban J connectivity index is 1.56. The van der Waals surface area contributed by atoms with Crippen molar-refractivity contribution in [3.05, 3.63) is 39.4 Å². The molecule has 1 N–H and O–H groups in total. The second-order valence-electron chi connectivity index (χ2n) is 6.72. The van der Waals surface area contributed by atoms with Crippen LogP contribution in [0, 0.1) is 0 Å². The summed E-state index contributed by atoms with van der Waals surface area (Å²) in [6.07, 6.45) is 1.15. The van der Waals surface area contributed by atoms with E-state index in [1.165, 1.54) is 5.56 Å². The lowest BCUT2D eigenvalue weighted by molar-refractivity contribution is 0.216. The van der Waals surface area contributed by atoms with Crippen LogP contribution in [0.1, 0.15) is 42.7 Å². The van der Waals surface area contributed by atoms with Crippen molar-refractivity contribution >= 4 is 11.3 Å². The van der Waals surface area contributed by atoms with Crippen LogP contribution in [-0.2, 0) is 26.1 Å². The van der Waals surface area contributed by atoms with Crippen molar-refractivity contribution in [2.45, 2.75) is 52.4 Å². The second kappa shape index (κ2) is 5.91. The van der Waals surface area contributed by atoms with Gasteiger partial charge >= 0.3 is 0 Å². The molecule has 0 amide bonds. The average Bonchev–Trinajstić information content (AvgIpc) is 3.04. The van der Waals surface area contributed by atoms with Crippen LogP contribution in [-0.4, -0.2) is 22.1 Å². The average molecular weight is 305 g/mol. The fourth-order valence-electron chi connectivity index (χ4n) is 2.53. The molecule has 3 heterocycles. The number of nitrogens with one attached hydrogen (secondary N) is 1. The molecule has 5 heteroatoms. The van der Waals surface area contributed by atoms with E-state index in [4.69, 9.17) is 4.52 Å². The number of nitrogens with zero attached hydrogens (tertiary/aromatic N) is 2. The molecule has 2 aromatic heterocycles. The Morgan fingerprint density at radius 2 is 2.29 bits per heavy atom. The summed E-state index contributed by atoms with van der Waals surface area (Å²) in [7, 11) is 0. The van der Waals surface area contributed by atoms with Crippen molar-refractivity contribution in [1.82, 2.24) is 15.4 Å². The van der Waals surface area contributed by atoms with Gasteiger partial charge in [0.2, 0.25) is 0 Å². The van der Waals surface area contributed by atoms with Crippen molar-refractivity contribution < 1.29 is 4.52 Å². The van der Waals surface area contributed by atoms with Crippen LogP contribution < -0.4 is 5.32 Å². The highest BCUT2D eigenvalue weighted by atomic mass is 32.1. The normalized spacial score (nSPS) is 16.1. The molecule has 0 fully saturated rings.